The summed E-state index contributed by atoms with van der Waals surface area (Å²) >= 11 is 0. The van der Waals surface area contributed by atoms with E-state index in [-0.39, 0.29) is 18.0 Å². The molecule has 0 saturated carbocycles. The van der Waals surface area contributed by atoms with Gasteiger partial charge in [-0.1, -0.05) is 0 Å². The van der Waals surface area contributed by atoms with Crippen LogP contribution in [0.5, 0.6) is 0 Å². The number of amides is 1. The lowest BCUT2D eigenvalue weighted by molar-refractivity contribution is 0.102. The molecular formula is C18H20ClF2N5O. The molecule has 0 aliphatic carbocycles. The second-order valence-corrected chi connectivity index (χ2v) is 6.62. The molecule has 2 aromatic rings. The zero-order valence-corrected chi connectivity index (χ0v) is 15.4. The van der Waals surface area contributed by atoms with Crippen LogP contribution < -0.4 is 10.2 Å². The molecule has 2 bridgehead atoms. The molecule has 1 aromatic carbocycles. The van der Waals surface area contributed by atoms with E-state index in [9.17, 15) is 13.6 Å². The van der Waals surface area contributed by atoms with Gasteiger partial charge >= 0.3 is 0 Å². The van der Waals surface area contributed by atoms with Gasteiger partial charge in [0, 0.05) is 38.3 Å². The van der Waals surface area contributed by atoms with E-state index < -0.39 is 17.5 Å². The molecule has 144 valence electrons. The summed E-state index contributed by atoms with van der Waals surface area (Å²) in [6.45, 7) is 4.11. The molecule has 3 aliphatic heterocycles. The number of nitrogens with zero attached hydrogens (tertiary/aromatic N) is 4. The Morgan fingerprint density at radius 1 is 1.07 bits per heavy atom. The first-order valence-electron chi connectivity index (χ1n) is 8.67. The van der Waals surface area contributed by atoms with E-state index in [2.05, 4.69) is 25.1 Å². The number of piperidine rings is 1. The highest BCUT2D eigenvalue weighted by Gasteiger charge is 2.30. The molecule has 0 unspecified atom stereocenters. The first-order chi connectivity index (χ1) is 12.6. The third-order valence-electron chi connectivity index (χ3n) is 4.98. The third kappa shape index (κ3) is 4.17. The Morgan fingerprint density at radius 3 is 2.44 bits per heavy atom. The van der Waals surface area contributed by atoms with E-state index in [4.69, 9.17) is 0 Å². The summed E-state index contributed by atoms with van der Waals surface area (Å²) in [4.78, 5) is 25.5. The zero-order valence-electron chi connectivity index (χ0n) is 14.6. The van der Waals surface area contributed by atoms with Gasteiger partial charge in [-0.25, -0.2) is 18.7 Å². The van der Waals surface area contributed by atoms with E-state index in [0.717, 1.165) is 51.2 Å². The van der Waals surface area contributed by atoms with E-state index in [1.807, 2.05) is 0 Å². The van der Waals surface area contributed by atoms with Crippen molar-refractivity contribution in [3.8, 4) is 0 Å². The molecule has 1 amide bonds. The number of aromatic nitrogens is 2. The predicted octanol–water partition coefficient (Wildman–Crippen LogP) is 2.71. The van der Waals surface area contributed by atoms with Crippen molar-refractivity contribution in [1.82, 2.24) is 14.9 Å². The second kappa shape index (κ2) is 8.14. The SMILES string of the molecule is Cl.O=C(Nc1cnc(N2CCN3CCC2CC3)nc1)c1ccc(F)cc1F. The van der Waals surface area contributed by atoms with Gasteiger partial charge in [-0.2, -0.15) is 0 Å². The maximum atomic E-state index is 13.7. The van der Waals surface area contributed by atoms with Gasteiger partial charge in [0.05, 0.1) is 23.6 Å². The molecule has 5 rings (SSSR count). The van der Waals surface area contributed by atoms with Crippen molar-refractivity contribution in [3.05, 3.63) is 47.8 Å². The van der Waals surface area contributed by atoms with Crippen molar-refractivity contribution in [2.24, 2.45) is 0 Å². The van der Waals surface area contributed by atoms with Crippen molar-refractivity contribution in [2.45, 2.75) is 18.9 Å². The molecule has 1 N–H and O–H groups in total. The van der Waals surface area contributed by atoms with Crippen LogP contribution in [0.2, 0.25) is 0 Å². The Morgan fingerprint density at radius 2 is 1.78 bits per heavy atom. The maximum Gasteiger partial charge on any atom is 0.258 e. The molecule has 4 heterocycles. The van der Waals surface area contributed by atoms with E-state index in [0.29, 0.717) is 23.7 Å². The lowest BCUT2D eigenvalue weighted by Gasteiger charge is -2.31. The lowest BCUT2D eigenvalue weighted by Crippen LogP contribution is -2.38. The number of anilines is 2. The fourth-order valence-corrected chi connectivity index (χ4v) is 3.56. The summed E-state index contributed by atoms with van der Waals surface area (Å²) < 4.78 is 26.6. The Kier molecular flexibility index (Phi) is 5.86. The number of rotatable bonds is 3. The fourth-order valence-electron chi connectivity index (χ4n) is 3.56. The van der Waals surface area contributed by atoms with Crippen molar-refractivity contribution >= 4 is 29.9 Å². The molecule has 3 saturated heterocycles. The minimum absolute atomic E-state index is 0. The molecule has 9 heteroatoms. The summed E-state index contributed by atoms with van der Waals surface area (Å²) in [5, 5.41) is 2.54. The third-order valence-corrected chi connectivity index (χ3v) is 4.98. The van der Waals surface area contributed by atoms with Gasteiger partial charge < -0.3 is 15.1 Å². The number of benzene rings is 1. The topological polar surface area (TPSA) is 61.4 Å². The van der Waals surface area contributed by atoms with Gasteiger partial charge in [-0.15, -0.1) is 12.4 Å². The zero-order chi connectivity index (χ0) is 18.1. The van der Waals surface area contributed by atoms with Crippen LogP contribution >= 0.6 is 12.4 Å². The Balaban J connectivity index is 0.00000210. The minimum atomic E-state index is -0.907. The number of carbonyl (C=O) groups is 1. The van der Waals surface area contributed by atoms with Gasteiger partial charge in [0.25, 0.3) is 5.91 Å². The summed E-state index contributed by atoms with van der Waals surface area (Å²) in [7, 11) is 0. The number of fused-ring (bicyclic) bond motifs is 4. The molecule has 0 spiro atoms. The Labute approximate surface area is 162 Å². The van der Waals surface area contributed by atoms with Crippen LogP contribution in [-0.4, -0.2) is 53.0 Å². The minimum Gasteiger partial charge on any atom is -0.336 e. The van der Waals surface area contributed by atoms with Gasteiger partial charge in [-0.3, -0.25) is 4.79 Å². The van der Waals surface area contributed by atoms with E-state index >= 15 is 0 Å². The molecule has 1 aromatic heterocycles. The highest BCUT2D eigenvalue weighted by atomic mass is 35.5. The average molecular weight is 396 g/mol. The molecular weight excluding hydrogens is 376 g/mol. The van der Waals surface area contributed by atoms with Crippen molar-refractivity contribution in [1.29, 1.82) is 0 Å². The van der Waals surface area contributed by atoms with Gasteiger partial charge in [0.2, 0.25) is 5.95 Å². The van der Waals surface area contributed by atoms with Crippen LogP contribution in [0.15, 0.2) is 30.6 Å². The second-order valence-electron chi connectivity index (χ2n) is 6.62. The van der Waals surface area contributed by atoms with Crippen LogP contribution in [0, 0.1) is 11.6 Å². The van der Waals surface area contributed by atoms with Gasteiger partial charge in [-0.05, 0) is 25.0 Å². The smallest absolute Gasteiger partial charge is 0.258 e. The van der Waals surface area contributed by atoms with Crippen LogP contribution in [0.1, 0.15) is 23.2 Å². The summed E-state index contributed by atoms with van der Waals surface area (Å²) in [6, 6.07) is 3.28. The number of nitrogens with one attached hydrogen (secondary N) is 1. The summed E-state index contributed by atoms with van der Waals surface area (Å²) in [5.41, 5.74) is 0.138. The van der Waals surface area contributed by atoms with Gasteiger partial charge in [0.15, 0.2) is 0 Å². The van der Waals surface area contributed by atoms with Crippen LogP contribution in [0.4, 0.5) is 20.4 Å². The highest BCUT2D eigenvalue weighted by molar-refractivity contribution is 6.04. The monoisotopic (exact) mass is 395 g/mol. The number of hydrogen-bond donors (Lipinski definition) is 1. The quantitative estimate of drug-likeness (QED) is 0.865. The fraction of sp³-hybridized carbons (Fsp3) is 0.389. The van der Waals surface area contributed by atoms with Crippen molar-refractivity contribution in [2.75, 3.05) is 36.4 Å². The largest absolute Gasteiger partial charge is 0.336 e. The first-order valence-corrected chi connectivity index (χ1v) is 8.67. The standard InChI is InChI=1S/C18H19F2N5O.ClH/c19-12-1-2-15(16(20)9-12)17(26)23-13-10-21-18(22-11-13)25-8-7-24-5-3-14(25)4-6-24;/h1-2,9-11,14H,3-8H2,(H,23,26);1H. The first kappa shape index (κ1) is 19.4. The highest BCUT2D eigenvalue weighted by Crippen LogP contribution is 2.24. The molecule has 0 radical (unpaired) electrons. The predicted molar refractivity (Wildman–Crippen MR) is 100 cm³/mol. The summed E-state index contributed by atoms with van der Waals surface area (Å²) in [5.74, 6) is -1.66. The Hall–Kier alpha value is -2.32. The van der Waals surface area contributed by atoms with Gasteiger partial charge in [0.1, 0.15) is 11.6 Å². The van der Waals surface area contributed by atoms with Crippen LogP contribution in [0.3, 0.4) is 0 Å². The lowest BCUT2D eigenvalue weighted by atomic mass is 10.1. The van der Waals surface area contributed by atoms with E-state index in [1.165, 1.54) is 12.4 Å². The molecule has 0 atom stereocenters. The molecule has 27 heavy (non-hydrogen) atoms. The molecule has 6 nitrogen and oxygen atoms in total. The van der Waals surface area contributed by atoms with Crippen molar-refractivity contribution in [3.63, 3.8) is 0 Å². The maximum absolute atomic E-state index is 13.7. The average Bonchev–Trinajstić information content (AvgIpc) is 2.96. The van der Waals surface area contributed by atoms with Crippen LogP contribution in [0.25, 0.3) is 0 Å². The normalized spacial score (nSPS) is 21.3. The number of carbonyl (C=O) groups excluding carboxylic acids is 1. The van der Waals surface area contributed by atoms with Crippen LogP contribution in [-0.2, 0) is 0 Å². The number of hydrogen-bond acceptors (Lipinski definition) is 5. The van der Waals surface area contributed by atoms with E-state index in [1.54, 1.807) is 0 Å². The van der Waals surface area contributed by atoms with Crippen molar-refractivity contribution < 1.29 is 13.6 Å². The Bertz CT molecular complexity index is 812. The summed E-state index contributed by atoms with van der Waals surface area (Å²) in [6.07, 6.45) is 5.23. The molecule has 3 fully saturated rings. The molecule has 3 aliphatic rings. The number of halogens is 3.